The lowest BCUT2D eigenvalue weighted by Gasteiger charge is -2.33. The molecule has 0 aromatic heterocycles. The first-order chi connectivity index (χ1) is 8.46. The lowest BCUT2D eigenvalue weighted by atomic mass is 9.98. The molecule has 0 spiro atoms. The van der Waals surface area contributed by atoms with Gasteiger partial charge in [-0.15, -0.1) is 0 Å². The van der Waals surface area contributed by atoms with Gasteiger partial charge in [0.15, 0.2) is 5.90 Å². The van der Waals surface area contributed by atoms with Crippen LogP contribution in [-0.4, -0.2) is 48.7 Å². The number of carbonyl (C=O) groups is 1. The molecular weight excluding hydrogens is 232 g/mol. The Hall–Kier alpha value is -1.26. The Kier molecular flexibility index (Phi) is 3.78. The van der Waals surface area contributed by atoms with Crippen LogP contribution < -0.4 is 0 Å². The number of hydrogen-bond donors (Lipinski definition) is 0. The number of rotatable bonds is 1. The maximum absolute atomic E-state index is 12.0. The zero-order valence-electron chi connectivity index (χ0n) is 11.4. The van der Waals surface area contributed by atoms with Gasteiger partial charge in [-0.1, -0.05) is 0 Å². The highest BCUT2D eigenvalue weighted by Crippen LogP contribution is 2.22. The monoisotopic (exact) mass is 254 g/mol. The molecule has 1 fully saturated rings. The van der Waals surface area contributed by atoms with Gasteiger partial charge in [0.25, 0.3) is 0 Å². The summed E-state index contributed by atoms with van der Waals surface area (Å²) in [6.07, 6.45) is 1.79. The summed E-state index contributed by atoms with van der Waals surface area (Å²) in [6, 6.07) is 0. The second-order valence-electron chi connectivity index (χ2n) is 5.83. The average Bonchev–Trinajstić information content (AvgIpc) is 2.80. The number of likely N-dealkylation sites (tertiary alicyclic amines) is 1. The molecule has 0 aromatic carbocycles. The Morgan fingerprint density at radius 1 is 1.50 bits per heavy atom. The molecule has 2 aliphatic heterocycles. The second-order valence-corrected chi connectivity index (χ2v) is 5.83. The van der Waals surface area contributed by atoms with E-state index in [9.17, 15) is 4.79 Å². The average molecular weight is 254 g/mol. The molecule has 0 radical (unpaired) electrons. The minimum atomic E-state index is -0.439. The summed E-state index contributed by atoms with van der Waals surface area (Å²) in [5, 5.41) is 0. The van der Waals surface area contributed by atoms with Gasteiger partial charge in [-0.2, -0.15) is 0 Å². The van der Waals surface area contributed by atoms with Crippen LogP contribution in [0.3, 0.4) is 0 Å². The van der Waals surface area contributed by atoms with Crippen LogP contribution in [0.2, 0.25) is 0 Å². The van der Waals surface area contributed by atoms with E-state index in [1.165, 1.54) is 0 Å². The van der Waals surface area contributed by atoms with Crippen molar-refractivity contribution in [2.45, 2.75) is 39.2 Å². The number of piperidine rings is 1. The molecule has 2 rings (SSSR count). The second kappa shape index (κ2) is 5.16. The van der Waals surface area contributed by atoms with Crippen molar-refractivity contribution in [3.8, 4) is 0 Å². The van der Waals surface area contributed by atoms with Gasteiger partial charge < -0.3 is 14.4 Å². The summed E-state index contributed by atoms with van der Waals surface area (Å²) in [6.45, 7) is 8.51. The topological polar surface area (TPSA) is 51.1 Å². The van der Waals surface area contributed by atoms with Gasteiger partial charge in [0.2, 0.25) is 0 Å². The van der Waals surface area contributed by atoms with Crippen molar-refractivity contribution in [1.82, 2.24) is 4.90 Å². The first-order valence-electron chi connectivity index (χ1n) is 6.61. The van der Waals surface area contributed by atoms with Crippen molar-refractivity contribution < 1.29 is 14.3 Å². The van der Waals surface area contributed by atoms with Crippen molar-refractivity contribution in [3.63, 3.8) is 0 Å². The number of hydrogen-bond acceptors (Lipinski definition) is 4. The van der Waals surface area contributed by atoms with Crippen LogP contribution >= 0.6 is 0 Å². The van der Waals surface area contributed by atoms with Crippen LogP contribution in [0.5, 0.6) is 0 Å². The highest BCUT2D eigenvalue weighted by molar-refractivity contribution is 5.81. The Morgan fingerprint density at radius 2 is 2.28 bits per heavy atom. The molecule has 18 heavy (non-hydrogen) atoms. The Bertz CT molecular complexity index is 347. The zero-order valence-corrected chi connectivity index (χ0v) is 11.4. The smallest absolute Gasteiger partial charge is 0.410 e. The third-order valence-corrected chi connectivity index (χ3v) is 3.03. The molecule has 102 valence electrons. The molecule has 0 unspecified atom stereocenters. The summed E-state index contributed by atoms with van der Waals surface area (Å²) < 4.78 is 10.9. The SMILES string of the molecule is CC(C)(C)OC(=O)N1CCC[C@H](C2=NCCO2)C1. The summed E-state index contributed by atoms with van der Waals surface area (Å²) in [4.78, 5) is 18.1. The van der Waals surface area contributed by atoms with Gasteiger partial charge in [-0.05, 0) is 33.6 Å². The van der Waals surface area contributed by atoms with E-state index in [2.05, 4.69) is 4.99 Å². The van der Waals surface area contributed by atoms with Gasteiger partial charge in [-0.3, -0.25) is 4.99 Å². The quantitative estimate of drug-likeness (QED) is 0.719. The molecule has 0 bridgehead atoms. The lowest BCUT2D eigenvalue weighted by Crippen LogP contribution is -2.44. The molecule has 0 N–H and O–H groups in total. The number of carbonyl (C=O) groups excluding carboxylic acids is 1. The van der Waals surface area contributed by atoms with E-state index in [1.54, 1.807) is 4.90 Å². The van der Waals surface area contributed by atoms with E-state index in [0.717, 1.165) is 31.8 Å². The lowest BCUT2D eigenvalue weighted by molar-refractivity contribution is 0.0187. The molecule has 2 aliphatic rings. The van der Waals surface area contributed by atoms with E-state index < -0.39 is 5.60 Å². The van der Waals surface area contributed by atoms with E-state index in [4.69, 9.17) is 9.47 Å². The predicted molar refractivity (Wildman–Crippen MR) is 68.8 cm³/mol. The van der Waals surface area contributed by atoms with Crippen LogP contribution in [0.15, 0.2) is 4.99 Å². The molecule has 0 aliphatic carbocycles. The Labute approximate surface area is 108 Å². The maximum atomic E-state index is 12.0. The fraction of sp³-hybridized carbons (Fsp3) is 0.846. The van der Waals surface area contributed by atoms with Crippen molar-refractivity contribution >= 4 is 12.0 Å². The number of nitrogens with zero attached hydrogens (tertiary/aromatic N) is 2. The molecule has 0 aromatic rings. The highest BCUT2D eigenvalue weighted by Gasteiger charge is 2.31. The fourth-order valence-corrected chi connectivity index (χ4v) is 2.27. The Morgan fingerprint density at radius 3 is 2.89 bits per heavy atom. The van der Waals surface area contributed by atoms with Gasteiger partial charge in [0.05, 0.1) is 12.5 Å². The molecule has 2 heterocycles. The van der Waals surface area contributed by atoms with Gasteiger partial charge >= 0.3 is 6.09 Å². The predicted octanol–water partition coefficient (Wildman–Crippen LogP) is 2.06. The van der Waals surface area contributed by atoms with Crippen LogP contribution in [-0.2, 0) is 9.47 Å². The van der Waals surface area contributed by atoms with Crippen LogP contribution in [0.4, 0.5) is 4.79 Å². The molecular formula is C13H22N2O3. The minimum Gasteiger partial charge on any atom is -0.479 e. The van der Waals surface area contributed by atoms with Crippen molar-refractivity contribution in [3.05, 3.63) is 0 Å². The molecule has 5 nitrogen and oxygen atoms in total. The molecule has 0 saturated carbocycles. The molecule has 5 heteroatoms. The first kappa shape index (κ1) is 13.2. The Balaban J connectivity index is 1.92. The van der Waals surface area contributed by atoms with Crippen molar-refractivity contribution in [1.29, 1.82) is 0 Å². The molecule has 1 saturated heterocycles. The summed E-state index contributed by atoms with van der Waals surface area (Å²) >= 11 is 0. The van der Waals surface area contributed by atoms with Crippen LogP contribution in [0.1, 0.15) is 33.6 Å². The minimum absolute atomic E-state index is 0.231. The summed E-state index contributed by atoms with van der Waals surface area (Å²) in [7, 11) is 0. The fourth-order valence-electron chi connectivity index (χ4n) is 2.27. The van der Waals surface area contributed by atoms with Gasteiger partial charge in [-0.25, -0.2) is 4.79 Å². The standard InChI is InChI=1S/C13H22N2O3/c1-13(2,3)18-12(16)15-7-4-5-10(9-15)11-14-6-8-17-11/h10H,4-9H2,1-3H3/t10-/m0/s1. The first-order valence-corrected chi connectivity index (χ1v) is 6.61. The van der Waals surface area contributed by atoms with Crippen molar-refractivity contribution in [2.24, 2.45) is 10.9 Å². The van der Waals surface area contributed by atoms with E-state index in [0.29, 0.717) is 13.2 Å². The summed E-state index contributed by atoms with van der Waals surface area (Å²) in [5.74, 6) is 1.07. The maximum Gasteiger partial charge on any atom is 0.410 e. The van der Waals surface area contributed by atoms with Crippen LogP contribution in [0.25, 0.3) is 0 Å². The summed E-state index contributed by atoms with van der Waals surface area (Å²) in [5.41, 5.74) is -0.439. The third kappa shape index (κ3) is 3.37. The third-order valence-electron chi connectivity index (χ3n) is 3.03. The van der Waals surface area contributed by atoms with E-state index in [-0.39, 0.29) is 12.0 Å². The number of aliphatic imine (C=N–C) groups is 1. The van der Waals surface area contributed by atoms with Crippen molar-refractivity contribution in [2.75, 3.05) is 26.2 Å². The molecule has 1 atom stereocenters. The van der Waals surface area contributed by atoms with E-state index >= 15 is 0 Å². The highest BCUT2D eigenvalue weighted by atomic mass is 16.6. The van der Waals surface area contributed by atoms with Gasteiger partial charge in [0, 0.05) is 13.1 Å². The number of amides is 1. The largest absolute Gasteiger partial charge is 0.479 e. The normalized spacial score (nSPS) is 24.5. The van der Waals surface area contributed by atoms with Crippen LogP contribution in [0, 0.1) is 5.92 Å². The van der Waals surface area contributed by atoms with E-state index in [1.807, 2.05) is 20.8 Å². The zero-order chi connectivity index (χ0) is 13.2. The number of ether oxygens (including phenoxy) is 2. The molecule has 1 amide bonds. The van der Waals surface area contributed by atoms with Gasteiger partial charge in [0.1, 0.15) is 12.2 Å².